The molecule has 0 aliphatic heterocycles. The summed E-state index contributed by atoms with van der Waals surface area (Å²) < 4.78 is 0. The highest BCUT2D eigenvalue weighted by molar-refractivity contribution is 7.98. The van der Waals surface area contributed by atoms with E-state index in [0.29, 0.717) is 12.2 Å². The number of primary amides is 1. The molecule has 0 aliphatic rings. The maximum Gasteiger partial charge on any atom is 0.328 e. The van der Waals surface area contributed by atoms with Gasteiger partial charge in [0.15, 0.2) is 6.04 Å². The van der Waals surface area contributed by atoms with Crippen LogP contribution in [0.2, 0.25) is 0 Å². The van der Waals surface area contributed by atoms with Crippen molar-refractivity contribution in [3.05, 3.63) is 0 Å². The van der Waals surface area contributed by atoms with E-state index < -0.39 is 66.3 Å². The highest BCUT2D eigenvalue weighted by atomic mass is 32.2. The van der Waals surface area contributed by atoms with Gasteiger partial charge in [-0.3, -0.25) is 19.2 Å². The van der Waals surface area contributed by atoms with E-state index >= 15 is 0 Å². The Bertz CT molecular complexity index is 674. The Morgan fingerprint density at radius 2 is 1.47 bits per heavy atom. The predicted octanol–water partition coefficient (Wildman–Crippen LogP) is -2.09. The number of carbonyl (C=O) groups excluding carboxylic acids is 4. The minimum Gasteiger partial charge on any atom is -0.480 e. The third-order valence-electron chi connectivity index (χ3n) is 4.39. The minimum atomic E-state index is -1.58. The van der Waals surface area contributed by atoms with Gasteiger partial charge < -0.3 is 37.6 Å². The Labute approximate surface area is 191 Å². The van der Waals surface area contributed by atoms with Crippen molar-refractivity contribution in [1.82, 2.24) is 16.0 Å². The number of nitrogens with two attached hydrogens (primary N) is 2. The number of aliphatic hydroxyl groups is 1. The van der Waals surface area contributed by atoms with Crippen LogP contribution in [0, 0.1) is 5.92 Å². The van der Waals surface area contributed by atoms with Crippen LogP contribution < -0.4 is 27.4 Å². The molecule has 12 nitrogen and oxygen atoms in total. The normalized spacial score (nSPS) is 15.7. The topological polar surface area (TPSA) is 214 Å². The molecule has 0 heterocycles. The first kappa shape index (κ1) is 29.6. The van der Waals surface area contributed by atoms with E-state index in [9.17, 15) is 29.1 Å². The Balaban J connectivity index is 5.46. The molecule has 9 N–H and O–H groups in total. The predicted molar refractivity (Wildman–Crippen MR) is 119 cm³/mol. The number of carboxylic acid groups (broad SMARTS) is 1. The first-order valence-electron chi connectivity index (χ1n) is 10.1. The van der Waals surface area contributed by atoms with Crippen molar-refractivity contribution in [3.8, 4) is 0 Å². The van der Waals surface area contributed by atoms with Crippen LogP contribution in [-0.4, -0.2) is 82.1 Å². The van der Waals surface area contributed by atoms with E-state index in [1.165, 1.54) is 18.7 Å². The maximum absolute atomic E-state index is 12.8. The third kappa shape index (κ3) is 11.3. The van der Waals surface area contributed by atoms with Gasteiger partial charge >= 0.3 is 5.97 Å². The lowest BCUT2D eigenvalue weighted by Gasteiger charge is -2.25. The van der Waals surface area contributed by atoms with Crippen molar-refractivity contribution in [2.75, 3.05) is 12.0 Å². The Kier molecular flexibility index (Phi) is 13.5. The summed E-state index contributed by atoms with van der Waals surface area (Å²) in [7, 11) is 0. The second-order valence-electron chi connectivity index (χ2n) is 7.88. The Hall–Kier alpha value is -2.38. The van der Waals surface area contributed by atoms with E-state index in [-0.39, 0.29) is 12.3 Å². The van der Waals surface area contributed by atoms with Crippen LogP contribution in [0.15, 0.2) is 0 Å². The maximum atomic E-state index is 12.8. The number of hydrogen-bond donors (Lipinski definition) is 7. The van der Waals surface area contributed by atoms with E-state index in [1.54, 1.807) is 6.26 Å². The van der Waals surface area contributed by atoms with E-state index in [1.807, 2.05) is 13.8 Å². The summed E-state index contributed by atoms with van der Waals surface area (Å²) in [6.45, 7) is 4.94. The average Bonchev–Trinajstić information content (AvgIpc) is 2.66. The zero-order valence-electron chi connectivity index (χ0n) is 18.8. The lowest BCUT2D eigenvalue weighted by molar-refractivity contribution is -0.145. The third-order valence-corrected chi connectivity index (χ3v) is 5.03. The summed E-state index contributed by atoms with van der Waals surface area (Å²) in [5.74, 6) is -4.06. The number of amides is 4. The number of aliphatic hydroxyl groups excluding tert-OH is 1. The molecule has 32 heavy (non-hydrogen) atoms. The van der Waals surface area contributed by atoms with Gasteiger partial charge in [0.05, 0.1) is 18.6 Å². The first-order valence-corrected chi connectivity index (χ1v) is 11.5. The summed E-state index contributed by atoms with van der Waals surface area (Å²) in [6, 6.07) is -5.02. The van der Waals surface area contributed by atoms with Crippen LogP contribution in [0.25, 0.3) is 0 Å². The van der Waals surface area contributed by atoms with Crippen LogP contribution in [0.4, 0.5) is 0 Å². The fourth-order valence-electron chi connectivity index (χ4n) is 2.72. The number of thioether (sulfide) groups is 1. The monoisotopic (exact) mass is 477 g/mol. The molecular formula is C19H35N5O7S. The molecule has 0 bridgehead atoms. The summed E-state index contributed by atoms with van der Waals surface area (Å²) in [5.41, 5.74) is 11.0. The molecule has 4 amide bonds. The van der Waals surface area contributed by atoms with Crippen LogP contribution in [-0.2, 0) is 24.0 Å². The van der Waals surface area contributed by atoms with Gasteiger partial charge in [0, 0.05) is 0 Å². The van der Waals surface area contributed by atoms with Gasteiger partial charge in [-0.1, -0.05) is 13.8 Å². The van der Waals surface area contributed by atoms with Crippen molar-refractivity contribution in [2.45, 2.75) is 70.3 Å². The van der Waals surface area contributed by atoms with Gasteiger partial charge in [-0.05, 0) is 37.7 Å². The number of carbonyl (C=O) groups is 5. The van der Waals surface area contributed by atoms with Crippen molar-refractivity contribution in [3.63, 3.8) is 0 Å². The highest BCUT2D eigenvalue weighted by Crippen LogP contribution is 2.06. The van der Waals surface area contributed by atoms with Crippen molar-refractivity contribution < 1.29 is 34.2 Å². The van der Waals surface area contributed by atoms with Crippen LogP contribution in [0.3, 0.4) is 0 Å². The summed E-state index contributed by atoms with van der Waals surface area (Å²) in [4.78, 5) is 60.3. The summed E-state index contributed by atoms with van der Waals surface area (Å²) in [5, 5.41) is 25.7. The molecule has 5 atom stereocenters. The standard InChI is InChI=1S/C19H35N5O7S/c1-9(2)7-11(20)16(27)23-13(8-14(21)26)18(29)22-12(5-6-32-4)17(28)24-15(10(3)25)19(30)31/h9-13,15,25H,5-8,20H2,1-4H3,(H2,21,26)(H,22,29)(H,23,27)(H,24,28)(H,30,31). The molecule has 0 aromatic carbocycles. The molecule has 13 heteroatoms. The Morgan fingerprint density at radius 1 is 0.938 bits per heavy atom. The van der Waals surface area contributed by atoms with E-state index in [0.717, 1.165) is 0 Å². The molecule has 0 saturated carbocycles. The fourth-order valence-corrected chi connectivity index (χ4v) is 3.19. The molecule has 5 unspecified atom stereocenters. The van der Waals surface area contributed by atoms with Gasteiger partial charge in [-0.15, -0.1) is 0 Å². The lowest BCUT2D eigenvalue weighted by Crippen LogP contribution is -2.58. The summed E-state index contributed by atoms with van der Waals surface area (Å²) in [6.07, 6.45) is 0.366. The largest absolute Gasteiger partial charge is 0.480 e. The van der Waals surface area contributed by atoms with Gasteiger partial charge in [0.25, 0.3) is 0 Å². The fraction of sp³-hybridized carbons (Fsp3) is 0.737. The highest BCUT2D eigenvalue weighted by Gasteiger charge is 2.32. The molecular weight excluding hydrogens is 442 g/mol. The zero-order chi connectivity index (χ0) is 25.0. The van der Waals surface area contributed by atoms with Crippen molar-refractivity contribution in [2.24, 2.45) is 17.4 Å². The molecule has 0 fully saturated rings. The van der Waals surface area contributed by atoms with Gasteiger partial charge in [0.2, 0.25) is 23.6 Å². The molecule has 0 spiro atoms. The van der Waals surface area contributed by atoms with Gasteiger partial charge in [-0.2, -0.15) is 11.8 Å². The zero-order valence-corrected chi connectivity index (χ0v) is 19.6. The number of aliphatic carboxylic acids is 1. The molecule has 0 saturated heterocycles. The van der Waals surface area contributed by atoms with Gasteiger partial charge in [-0.25, -0.2) is 4.79 Å². The molecule has 0 rings (SSSR count). The van der Waals surface area contributed by atoms with Gasteiger partial charge in [0.1, 0.15) is 12.1 Å². The number of nitrogens with one attached hydrogen (secondary N) is 3. The lowest BCUT2D eigenvalue weighted by atomic mass is 10.0. The molecule has 184 valence electrons. The summed E-state index contributed by atoms with van der Waals surface area (Å²) >= 11 is 1.39. The van der Waals surface area contributed by atoms with Crippen LogP contribution in [0.5, 0.6) is 0 Å². The Morgan fingerprint density at radius 3 is 1.91 bits per heavy atom. The first-order chi connectivity index (χ1) is 14.8. The second-order valence-corrected chi connectivity index (χ2v) is 8.86. The molecule has 0 aromatic rings. The number of hydrogen-bond acceptors (Lipinski definition) is 8. The smallest absolute Gasteiger partial charge is 0.328 e. The SMILES string of the molecule is CSCCC(NC(=O)C(CC(N)=O)NC(=O)C(N)CC(C)C)C(=O)NC(C(=O)O)C(C)O. The molecule has 0 radical (unpaired) electrons. The average molecular weight is 478 g/mol. The number of carboxylic acids is 1. The van der Waals surface area contributed by atoms with E-state index in [4.69, 9.17) is 16.6 Å². The van der Waals surface area contributed by atoms with Crippen LogP contribution in [0.1, 0.15) is 40.0 Å². The minimum absolute atomic E-state index is 0.120. The molecule has 0 aromatic heterocycles. The molecule has 0 aliphatic carbocycles. The van der Waals surface area contributed by atoms with Crippen LogP contribution >= 0.6 is 11.8 Å². The van der Waals surface area contributed by atoms with Crippen molar-refractivity contribution >= 4 is 41.4 Å². The quantitative estimate of drug-likeness (QED) is 0.137. The van der Waals surface area contributed by atoms with E-state index in [2.05, 4.69) is 16.0 Å². The van der Waals surface area contributed by atoms with Crippen molar-refractivity contribution in [1.29, 1.82) is 0 Å². The number of rotatable bonds is 15. The second kappa shape index (κ2) is 14.6.